The van der Waals surface area contributed by atoms with E-state index in [0.717, 1.165) is 6.42 Å². The van der Waals surface area contributed by atoms with E-state index in [2.05, 4.69) is 0 Å². The first-order valence-electron chi connectivity index (χ1n) is 7.09. The fourth-order valence-electron chi connectivity index (χ4n) is 2.39. The third-order valence-electron chi connectivity index (χ3n) is 3.47. The van der Waals surface area contributed by atoms with Gasteiger partial charge in [0.05, 0.1) is 5.69 Å². The molecule has 1 aliphatic heterocycles. The number of ketones is 1. The van der Waals surface area contributed by atoms with Gasteiger partial charge >= 0.3 is 0 Å². The zero-order valence-corrected chi connectivity index (χ0v) is 12.5. The van der Waals surface area contributed by atoms with E-state index in [0.29, 0.717) is 30.0 Å². The van der Waals surface area contributed by atoms with Crippen LogP contribution in [-0.2, 0) is 4.79 Å². The van der Waals surface area contributed by atoms with Gasteiger partial charge in [-0.3, -0.25) is 9.59 Å². The lowest BCUT2D eigenvalue weighted by Gasteiger charge is -2.38. The summed E-state index contributed by atoms with van der Waals surface area (Å²) in [6.45, 7) is 8.02. The number of hydrogen-bond acceptors (Lipinski definition) is 3. The maximum Gasteiger partial charge on any atom is 0.270 e. The van der Waals surface area contributed by atoms with Gasteiger partial charge < -0.3 is 9.64 Å². The quantitative estimate of drug-likeness (QED) is 0.793. The van der Waals surface area contributed by atoms with Crippen molar-refractivity contribution in [3.63, 3.8) is 0 Å². The Kier molecular flexibility index (Phi) is 3.84. The molecule has 0 saturated carbocycles. The monoisotopic (exact) mass is 275 g/mol. The average Bonchev–Trinajstić information content (AvgIpc) is 2.42. The summed E-state index contributed by atoms with van der Waals surface area (Å²) in [7, 11) is 0. The summed E-state index contributed by atoms with van der Waals surface area (Å²) in [6, 6.07) is 5.32. The predicted octanol–water partition coefficient (Wildman–Crippen LogP) is 3.19. The smallest absolute Gasteiger partial charge is 0.270 e. The predicted molar refractivity (Wildman–Crippen MR) is 78.4 cm³/mol. The number of rotatable bonds is 4. The lowest BCUT2D eigenvalue weighted by molar-refractivity contribution is -0.132. The summed E-state index contributed by atoms with van der Waals surface area (Å²) < 4.78 is 5.77. The minimum absolute atomic E-state index is 0.0621. The van der Waals surface area contributed by atoms with Crippen molar-refractivity contribution in [2.24, 2.45) is 0 Å². The van der Waals surface area contributed by atoms with Gasteiger partial charge in [-0.05, 0) is 38.5 Å². The van der Waals surface area contributed by atoms with Gasteiger partial charge in [-0.2, -0.15) is 0 Å². The minimum Gasteiger partial charge on any atom is -0.476 e. The average molecular weight is 275 g/mol. The second-order valence-corrected chi connectivity index (χ2v) is 5.53. The summed E-state index contributed by atoms with van der Waals surface area (Å²) in [6.07, 6.45) is 1.31. The van der Waals surface area contributed by atoms with Crippen molar-refractivity contribution in [2.45, 2.75) is 46.1 Å². The lowest BCUT2D eigenvalue weighted by Crippen LogP contribution is -2.52. The highest BCUT2D eigenvalue weighted by Crippen LogP contribution is 2.38. The van der Waals surface area contributed by atoms with Crippen molar-refractivity contribution in [1.29, 1.82) is 0 Å². The van der Waals surface area contributed by atoms with E-state index in [1.54, 1.807) is 36.9 Å². The Hall–Kier alpha value is -1.84. The Morgan fingerprint density at radius 2 is 2.00 bits per heavy atom. The minimum atomic E-state index is -0.863. The van der Waals surface area contributed by atoms with Gasteiger partial charge in [0.25, 0.3) is 5.91 Å². The molecule has 4 nitrogen and oxygen atoms in total. The molecule has 0 fully saturated rings. The molecule has 1 aromatic carbocycles. The molecule has 0 aliphatic carbocycles. The van der Waals surface area contributed by atoms with E-state index in [1.807, 2.05) is 13.8 Å². The molecule has 0 spiro atoms. The van der Waals surface area contributed by atoms with Crippen LogP contribution in [0.15, 0.2) is 18.2 Å². The molecule has 0 bridgehead atoms. The maximum atomic E-state index is 12.5. The van der Waals surface area contributed by atoms with Gasteiger partial charge in [0, 0.05) is 18.5 Å². The first-order valence-corrected chi connectivity index (χ1v) is 7.09. The number of carbonyl (C=O) groups excluding carboxylic acids is 2. The van der Waals surface area contributed by atoms with Crippen LogP contribution in [0.4, 0.5) is 5.69 Å². The van der Waals surface area contributed by atoms with Crippen LogP contribution in [0.2, 0.25) is 0 Å². The Morgan fingerprint density at radius 3 is 2.60 bits per heavy atom. The number of Topliss-reactive ketones (excluding diaryl/α,β-unsaturated/α-hetero) is 1. The standard InChI is InChI=1S/C16H21NO3/c1-5-9-17-12-10-11(13(18)6-2)7-8-14(12)20-16(3,4)15(17)19/h7-8,10H,5-6,9H2,1-4H3. The van der Waals surface area contributed by atoms with Crippen molar-refractivity contribution in [3.05, 3.63) is 23.8 Å². The number of hydrogen-bond donors (Lipinski definition) is 0. The molecule has 0 saturated heterocycles. The molecule has 4 heteroatoms. The summed E-state index contributed by atoms with van der Waals surface area (Å²) >= 11 is 0. The lowest BCUT2D eigenvalue weighted by atomic mass is 10.0. The fourth-order valence-corrected chi connectivity index (χ4v) is 2.39. The van der Waals surface area contributed by atoms with Crippen molar-refractivity contribution in [1.82, 2.24) is 0 Å². The Balaban J connectivity index is 2.50. The van der Waals surface area contributed by atoms with Crippen LogP contribution in [0.25, 0.3) is 0 Å². The Labute approximate surface area is 119 Å². The van der Waals surface area contributed by atoms with Crippen LogP contribution >= 0.6 is 0 Å². The molecule has 0 unspecified atom stereocenters. The van der Waals surface area contributed by atoms with Crippen molar-refractivity contribution in [2.75, 3.05) is 11.4 Å². The zero-order valence-electron chi connectivity index (χ0n) is 12.5. The normalized spacial score (nSPS) is 16.6. The number of amides is 1. The van der Waals surface area contributed by atoms with Crippen molar-refractivity contribution >= 4 is 17.4 Å². The highest BCUT2D eigenvalue weighted by molar-refractivity contribution is 6.04. The second-order valence-electron chi connectivity index (χ2n) is 5.53. The van der Waals surface area contributed by atoms with Gasteiger partial charge in [0.15, 0.2) is 11.4 Å². The molecule has 108 valence electrons. The number of anilines is 1. The molecule has 0 N–H and O–H groups in total. The summed E-state index contributed by atoms with van der Waals surface area (Å²) in [5.74, 6) is 0.671. The van der Waals surface area contributed by atoms with Crippen LogP contribution < -0.4 is 9.64 Å². The molecule has 1 aliphatic rings. The maximum absolute atomic E-state index is 12.5. The van der Waals surface area contributed by atoms with Crippen molar-refractivity contribution < 1.29 is 14.3 Å². The van der Waals surface area contributed by atoms with E-state index in [-0.39, 0.29) is 11.7 Å². The first-order chi connectivity index (χ1) is 9.40. The van der Waals surface area contributed by atoms with Gasteiger partial charge in [-0.1, -0.05) is 13.8 Å². The van der Waals surface area contributed by atoms with Gasteiger partial charge in [-0.25, -0.2) is 0 Å². The molecule has 1 heterocycles. The largest absolute Gasteiger partial charge is 0.476 e. The van der Waals surface area contributed by atoms with Crippen LogP contribution in [0.1, 0.15) is 50.9 Å². The molecule has 0 atom stereocenters. The second kappa shape index (κ2) is 5.27. The van der Waals surface area contributed by atoms with E-state index in [9.17, 15) is 9.59 Å². The molecule has 1 aromatic rings. The van der Waals surface area contributed by atoms with Crippen LogP contribution in [0, 0.1) is 0 Å². The number of ether oxygens (including phenoxy) is 1. The molecular formula is C16H21NO3. The van der Waals surface area contributed by atoms with Crippen LogP contribution in [-0.4, -0.2) is 23.8 Å². The third kappa shape index (κ3) is 2.42. The zero-order chi connectivity index (χ0) is 14.9. The number of fused-ring (bicyclic) bond motifs is 1. The molecule has 0 aromatic heterocycles. The van der Waals surface area contributed by atoms with Gasteiger partial charge in [-0.15, -0.1) is 0 Å². The SMILES string of the molecule is CCCN1C(=O)C(C)(C)Oc2ccc(C(=O)CC)cc21. The highest BCUT2D eigenvalue weighted by Gasteiger charge is 2.40. The summed E-state index contributed by atoms with van der Waals surface area (Å²) in [5.41, 5.74) is 0.470. The van der Waals surface area contributed by atoms with E-state index < -0.39 is 5.60 Å². The summed E-state index contributed by atoms with van der Waals surface area (Å²) in [4.78, 5) is 26.0. The van der Waals surface area contributed by atoms with Gasteiger partial charge in [0.2, 0.25) is 0 Å². The van der Waals surface area contributed by atoms with E-state index >= 15 is 0 Å². The van der Waals surface area contributed by atoms with Crippen LogP contribution in [0.5, 0.6) is 5.75 Å². The Bertz CT molecular complexity index is 549. The first kappa shape index (κ1) is 14.6. The van der Waals surface area contributed by atoms with E-state index in [1.165, 1.54) is 0 Å². The third-order valence-corrected chi connectivity index (χ3v) is 3.47. The number of benzene rings is 1. The molecule has 1 amide bonds. The summed E-state index contributed by atoms with van der Waals surface area (Å²) in [5, 5.41) is 0. The van der Waals surface area contributed by atoms with Crippen LogP contribution in [0.3, 0.4) is 0 Å². The molecule has 2 rings (SSSR count). The molecule has 0 radical (unpaired) electrons. The number of carbonyl (C=O) groups is 2. The molecular weight excluding hydrogens is 254 g/mol. The Morgan fingerprint density at radius 1 is 1.30 bits per heavy atom. The van der Waals surface area contributed by atoms with Gasteiger partial charge in [0.1, 0.15) is 5.75 Å². The number of nitrogens with zero attached hydrogens (tertiary/aromatic N) is 1. The highest BCUT2D eigenvalue weighted by atomic mass is 16.5. The molecule has 20 heavy (non-hydrogen) atoms. The van der Waals surface area contributed by atoms with Crippen molar-refractivity contribution in [3.8, 4) is 5.75 Å². The topological polar surface area (TPSA) is 46.6 Å². The fraction of sp³-hybridized carbons (Fsp3) is 0.500. The van der Waals surface area contributed by atoms with E-state index in [4.69, 9.17) is 4.74 Å².